The fourth-order valence-electron chi connectivity index (χ4n) is 4.16. The Bertz CT molecular complexity index is 1070. The summed E-state index contributed by atoms with van der Waals surface area (Å²) in [5.74, 6) is 0.189. The van der Waals surface area contributed by atoms with Crippen molar-refractivity contribution in [1.82, 2.24) is 19.8 Å². The summed E-state index contributed by atoms with van der Waals surface area (Å²) >= 11 is 5.71. The van der Waals surface area contributed by atoms with Gasteiger partial charge in [0.1, 0.15) is 0 Å². The van der Waals surface area contributed by atoms with Gasteiger partial charge < -0.3 is 19.5 Å². The number of hydrogen-bond acceptors (Lipinski definition) is 5. The third kappa shape index (κ3) is 7.02. The van der Waals surface area contributed by atoms with Crippen molar-refractivity contribution in [3.05, 3.63) is 47.3 Å². The second-order valence-corrected chi connectivity index (χ2v) is 12.1. The molecule has 188 valence electrons. The van der Waals surface area contributed by atoms with E-state index in [4.69, 9.17) is 17.0 Å². The van der Waals surface area contributed by atoms with E-state index in [1.165, 1.54) is 0 Å². The van der Waals surface area contributed by atoms with Gasteiger partial charge in [-0.2, -0.15) is 0 Å². The van der Waals surface area contributed by atoms with Crippen molar-refractivity contribution in [3.8, 4) is 0 Å². The van der Waals surface area contributed by atoms with Crippen molar-refractivity contribution in [3.63, 3.8) is 0 Å². The topological polar surface area (TPSA) is 76.5 Å². The van der Waals surface area contributed by atoms with Crippen molar-refractivity contribution < 1.29 is 13.2 Å². The van der Waals surface area contributed by atoms with Crippen molar-refractivity contribution in [2.45, 2.75) is 83.6 Å². The lowest BCUT2D eigenvalue weighted by Crippen LogP contribution is -2.45. The molecule has 0 spiro atoms. The number of benzene rings is 1. The third-order valence-corrected chi connectivity index (χ3v) is 7.78. The maximum absolute atomic E-state index is 13.5. The predicted octanol–water partition coefficient (Wildman–Crippen LogP) is 4.09. The standard InChI is InChI=1S/C25H38N4O3S2/c1-18(2)14-29-22(15-28(24(33)27-19(3)4)16-23-11-8-12-32-23)13-26-25(29)34(30,31)17-21-10-7-6-9-20(21)5/h6-7,9-10,13,18-19,23H,8,11-12,14-17H2,1-5H3,(H,27,33). The molecule has 0 aliphatic carbocycles. The first-order valence-corrected chi connectivity index (χ1v) is 14.1. The Morgan fingerprint density at radius 3 is 2.65 bits per heavy atom. The molecular formula is C25H38N4O3S2. The summed E-state index contributed by atoms with van der Waals surface area (Å²) in [7, 11) is -3.63. The molecule has 1 atom stereocenters. The highest BCUT2D eigenvalue weighted by atomic mass is 32.2. The average molecular weight is 507 g/mol. The minimum atomic E-state index is -3.63. The van der Waals surface area contributed by atoms with Gasteiger partial charge in [-0.15, -0.1) is 0 Å². The molecule has 9 heteroatoms. The maximum Gasteiger partial charge on any atom is 0.228 e. The largest absolute Gasteiger partial charge is 0.376 e. The molecule has 1 fully saturated rings. The van der Waals surface area contributed by atoms with E-state index in [0.29, 0.717) is 24.7 Å². The van der Waals surface area contributed by atoms with Crippen LogP contribution < -0.4 is 5.32 Å². The van der Waals surface area contributed by atoms with Crippen LogP contribution in [-0.4, -0.2) is 53.3 Å². The van der Waals surface area contributed by atoms with Gasteiger partial charge in [-0.3, -0.25) is 0 Å². The van der Waals surface area contributed by atoms with E-state index < -0.39 is 9.84 Å². The van der Waals surface area contributed by atoms with Crippen molar-refractivity contribution in [2.75, 3.05) is 13.2 Å². The zero-order valence-electron chi connectivity index (χ0n) is 21.0. The van der Waals surface area contributed by atoms with E-state index in [0.717, 1.165) is 36.3 Å². The van der Waals surface area contributed by atoms with Crippen LogP contribution in [0.4, 0.5) is 0 Å². The van der Waals surface area contributed by atoms with Gasteiger partial charge in [0.25, 0.3) is 0 Å². The molecule has 1 saturated heterocycles. The molecule has 1 unspecified atom stereocenters. The molecule has 0 bridgehead atoms. The van der Waals surface area contributed by atoms with Crippen LogP contribution in [0.3, 0.4) is 0 Å². The fourth-order valence-corrected chi connectivity index (χ4v) is 6.13. The molecule has 1 aliphatic rings. The molecule has 1 aliphatic heterocycles. The lowest BCUT2D eigenvalue weighted by atomic mass is 10.1. The molecule has 1 aromatic heterocycles. The van der Waals surface area contributed by atoms with E-state index in [-0.39, 0.29) is 29.0 Å². The summed E-state index contributed by atoms with van der Waals surface area (Å²) in [5.41, 5.74) is 2.59. The van der Waals surface area contributed by atoms with Crippen LogP contribution in [-0.2, 0) is 33.4 Å². The number of sulfone groups is 1. The molecule has 34 heavy (non-hydrogen) atoms. The number of hydrogen-bond donors (Lipinski definition) is 1. The Morgan fingerprint density at radius 1 is 1.29 bits per heavy atom. The first kappa shape index (κ1) is 26.6. The second-order valence-electron chi connectivity index (χ2n) is 9.84. The van der Waals surface area contributed by atoms with Crippen molar-refractivity contribution in [2.24, 2.45) is 5.92 Å². The second kappa shape index (κ2) is 11.6. The number of imidazole rings is 1. The minimum absolute atomic E-state index is 0.0683. The summed E-state index contributed by atoms with van der Waals surface area (Å²) in [6.45, 7) is 12.7. The normalized spacial score (nSPS) is 16.4. The molecule has 7 nitrogen and oxygen atoms in total. The van der Waals surface area contributed by atoms with Gasteiger partial charge in [-0.1, -0.05) is 38.1 Å². The summed E-state index contributed by atoms with van der Waals surface area (Å²) in [6, 6.07) is 7.78. The lowest BCUT2D eigenvalue weighted by Gasteiger charge is -2.30. The SMILES string of the molecule is Cc1ccccc1CS(=O)(=O)c1ncc(CN(CC2CCCO2)C(=S)NC(C)C)n1CC(C)C. The first-order chi connectivity index (χ1) is 16.1. The number of thiocarbonyl (C=S) groups is 1. The molecule has 0 amide bonds. The predicted molar refractivity (Wildman–Crippen MR) is 139 cm³/mol. The molecule has 0 saturated carbocycles. The van der Waals surface area contributed by atoms with Gasteiger partial charge in [0.05, 0.1) is 30.3 Å². The van der Waals surface area contributed by atoms with Gasteiger partial charge in [0.15, 0.2) is 5.11 Å². The zero-order chi connectivity index (χ0) is 24.9. The van der Waals surface area contributed by atoms with E-state index in [1.807, 2.05) is 35.8 Å². The van der Waals surface area contributed by atoms with E-state index in [1.54, 1.807) is 6.20 Å². The summed E-state index contributed by atoms with van der Waals surface area (Å²) in [5, 5.41) is 4.10. The number of aromatic nitrogens is 2. The lowest BCUT2D eigenvalue weighted by molar-refractivity contribution is 0.0891. The van der Waals surface area contributed by atoms with Crippen molar-refractivity contribution in [1.29, 1.82) is 0 Å². The molecule has 3 rings (SSSR count). The van der Waals surface area contributed by atoms with Crippen LogP contribution in [0.2, 0.25) is 0 Å². The smallest absolute Gasteiger partial charge is 0.228 e. The third-order valence-electron chi connectivity index (χ3n) is 5.83. The number of rotatable bonds is 10. The van der Waals surface area contributed by atoms with Crippen LogP contribution in [0.25, 0.3) is 0 Å². The average Bonchev–Trinajstić information content (AvgIpc) is 3.39. The van der Waals surface area contributed by atoms with Gasteiger partial charge >= 0.3 is 0 Å². The summed E-state index contributed by atoms with van der Waals surface area (Å²) < 4.78 is 34.6. The van der Waals surface area contributed by atoms with Gasteiger partial charge in [-0.25, -0.2) is 13.4 Å². The van der Waals surface area contributed by atoms with Crippen LogP contribution in [0, 0.1) is 12.8 Å². The Kier molecular flexibility index (Phi) is 9.12. The zero-order valence-corrected chi connectivity index (χ0v) is 22.6. The quantitative estimate of drug-likeness (QED) is 0.487. The minimum Gasteiger partial charge on any atom is -0.376 e. The number of nitrogens with zero attached hydrogens (tertiary/aromatic N) is 3. The Hall–Kier alpha value is -1.97. The van der Waals surface area contributed by atoms with E-state index in [2.05, 4.69) is 42.9 Å². The number of nitrogens with one attached hydrogen (secondary N) is 1. The summed E-state index contributed by atoms with van der Waals surface area (Å²) in [4.78, 5) is 6.51. The molecule has 1 N–H and O–H groups in total. The summed E-state index contributed by atoms with van der Waals surface area (Å²) in [6.07, 6.45) is 3.86. The van der Waals surface area contributed by atoms with Crippen molar-refractivity contribution >= 4 is 27.2 Å². The Balaban J connectivity index is 1.92. The molecular weight excluding hydrogens is 468 g/mol. The Labute approximate surface area is 209 Å². The number of ether oxygens (including phenoxy) is 1. The van der Waals surface area contributed by atoms with Gasteiger partial charge in [-0.05, 0) is 62.9 Å². The Morgan fingerprint density at radius 2 is 2.03 bits per heavy atom. The van der Waals surface area contributed by atoms with Crippen LogP contribution >= 0.6 is 12.2 Å². The highest BCUT2D eigenvalue weighted by molar-refractivity contribution is 7.90. The van der Waals surface area contributed by atoms with E-state index >= 15 is 0 Å². The molecule has 1 aromatic carbocycles. The van der Waals surface area contributed by atoms with Crippen LogP contribution in [0.15, 0.2) is 35.6 Å². The monoisotopic (exact) mass is 506 g/mol. The highest BCUT2D eigenvalue weighted by Gasteiger charge is 2.27. The van der Waals surface area contributed by atoms with Gasteiger partial charge in [0, 0.05) is 25.7 Å². The highest BCUT2D eigenvalue weighted by Crippen LogP contribution is 2.22. The molecule has 2 aromatic rings. The maximum atomic E-state index is 13.5. The molecule has 2 heterocycles. The van der Waals surface area contributed by atoms with Crippen LogP contribution in [0.5, 0.6) is 0 Å². The van der Waals surface area contributed by atoms with Crippen LogP contribution in [0.1, 0.15) is 57.4 Å². The molecule has 0 radical (unpaired) electrons. The first-order valence-electron chi connectivity index (χ1n) is 12.1. The van der Waals surface area contributed by atoms with E-state index in [9.17, 15) is 8.42 Å². The fraction of sp³-hybridized carbons (Fsp3) is 0.600. The van der Waals surface area contributed by atoms with Gasteiger partial charge in [0.2, 0.25) is 15.0 Å². The number of aryl methyl sites for hydroxylation is 1.